The Bertz CT molecular complexity index is 571. The summed E-state index contributed by atoms with van der Waals surface area (Å²) in [5, 5.41) is 3.10. The van der Waals surface area contributed by atoms with Crippen LogP contribution in [0, 0.1) is 5.92 Å². The zero-order valence-electron chi connectivity index (χ0n) is 15.0. The second-order valence-corrected chi connectivity index (χ2v) is 7.79. The molecule has 1 saturated heterocycles. The molecule has 0 aliphatic carbocycles. The summed E-state index contributed by atoms with van der Waals surface area (Å²) in [4.78, 5) is 25.6. The van der Waals surface area contributed by atoms with Crippen molar-refractivity contribution in [2.45, 2.75) is 46.1 Å². The van der Waals surface area contributed by atoms with Gasteiger partial charge in [-0.1, -0.05) is 52.0 Å². The average molecular weight is 349 g/mol. The summed E-state index contributed by atoms with van der Waals surface area (Å²) in [7, 11) is 0. The molecule has 2 amide bonds. The van der Waals surface area contributed by atoms with Crippen LogP contribution in [0.3, 0.4) is 0 Å². The fourth-order valence-electron chi connectivity index (χ4n) is 2.84. The molecule has 4 nitrogen and oxygen atoms in total. The number of hydrogen-bond donors (Lipinski definition) is 1. The van der Waals surface area contributed by atoms with E-state index in [4.69, 9.17) is 0 Å². The van der Waals surface area contributed by atoms with Gasteiger partial charge < -0.3 is 10.2 Å². The number of carbonyl (C=O) groups is 2. The molecular weight excluding hydrogens is 320 g/mol. The van der Waals surface area contributed by atoms with Gasteiger partial charge in [-0.25, -0.2) is 0 Å². The highest BCUT2D eigenvalue weighted by atomic mass is 32.2. The lowest BCUT2D eigenvalue weighted by atomic mass is 9.92. The quantitative estimate of drug-likeness (QED) is 0.820. The minimum Gasteiger partial charge on any atom is -0.347 e. The zero-order valence-corrected chi connectivity index (χ0v) is 15.9. The smallest absolute Gasteiger partial charge is 0.240 e. The highest BCUT2D eigenvalue weighted by Gasteiger charge is 2.25. The number of nitrogens with one attached hydrogen (secondary N) is 1. The Balaban J connectivity index is 2.03. The lowest BCUT2D eigenvalue weighted by Crippen LogP contribution is -2.40. The molecule has 1 N–H and O–H groups in total. The van der Waals surface area contributed by atoms with E-state index in [1.807, 2.05) is 0 Å². The molecule has 1 fully saturated rings. The van der Waals surface area contributed by atoms with Gasteiger partial charge in [0, 0.05) is 0 Å². The molecule has 0 unspecified atom stereocenters. The number of thioether (sulfide) groups is 1. The summed E-state index contributed by atoms with van der Waals surface area (Å²) < 4.78 is 0. The van der Waals surface area contributed by atoms with Crippen molar-refractivity contribution in [2.75, 3.05) is 18.2 Å². The van der Waals surface area contributed by atoms with Crippen LogP contribution in [0.5, 0.6) is 0 Å². The van der Waals surface area contributed by atoms with E-state index in [0.717, 1.165) is 12.0 Å². The van der Waals surface area contributed by atoms with Gasteiger partial charge in [-0.05, 0) is 29.4 Å². The van der Waals surface area contributed by atoms with Crippen LogP contribution in [-0.2, 0) is 9.59 Å². The van der Waals surface area contributed by atoms with E-state index >= 15 is 0 Å². The number of hydrogen-bond acceptors (Lipinski definition) is 3. The second kappa shape index (κ2) is 8.56. The molecule has 1 aromatic carbocycles. The molecule has 2 atom stereocenters. The standard InChI is InChI=1S/C19H28N2O2S/c1-5-14(4)15-6-8-16(9-7-15)19(13(2)3)20-17(22)10-21-12-24-11-18(21)23/h6-9,13-14,19H,5,10-12H2,1-4H3,(H,20,22)/t14-,19+/m0/s1. The molecule has 1 aliphatic rings. The van der Waals surface area contributed by atoms with Crippen molar-refractivity contribution < 1.29 is 9.59 Å². The first kappa shape index (κ1) is 18.8. The number of carbonyl (C=O) groups excluding carboxylic acids is 2. The van der Waals surface area contributed by atoms with E-state index in [1.165, 1.54) is 5.56 Å². The van der Waals surface area contributed by atoms with Crippen molar-refractivity contribution in [1.82, 2.24) is 10.2 Å². The fourth-order valence-corrected chi connectivity index (χ4v) is 3.74. The van der Waals surface area contributed by atoms with Crippen molar-refractivity contribution in [1.29, 1.82) is 0 Å². The van der Waals surface area contributed by atoms with Crippen LogP contribution in [0.15, 0.2) is 24.3 Å². The largest absolute Gasteiger partial charge is 0.347 e. The van der Waals surface area contributed by atoms with Gasteiger partial charge in [0.25, 0.3) is 0 Å². The first-order valence-electron chi connectivity index (χ1n) is 8.67. The second-order valence-electron chi connectivity index (χ2n) is 6.83. The van der Waals surface area contributed by atoms with E-state index in [-0.39, 0.29) is 30.3 Å². The highest BCUT2D eigenvalue weighted by molar-refractivity contribution is 8.00. The van der Waals surface area contributed by atoms with Crippen LogP contribution in [-0.4, -0.2) is 34.9 Å². The van der Waals surface area contributed by atoms with Gasteiger partial charge in [0.1, 0.15) is 6.54 Å². The maximum absolute atomic E-state index is 12.3. The Kier molecular flexibility index (Phi) is 6.72. The monoisotopic (exact) mass is 348 g/mol. The van der Waals surface area contributed by atoms with Gasteiger partial charge in [0.05, 0.1) is 17.7 Å². The highest BCUT2D eigenvalue weighted by Crippen LogP contribution is 2.25. The Hall–Kier alpha value is -1.49. The first-order valence-corrected chi connectivity index (χ1v) is 9.82. The summed E-state index contributed by atoms with van der Waals surface area (Å²) in [5.74, 6) is 1.89. The van der Waals surface area contributed by atoms with Crippen molar-refractivity contribution in [3.63, 3.8) is 0 Å². The summed E-state index contributed by atoms with van der Waals surface area (Å²) in [6.45, 7) is 8.77. The van der Waals surface area contributed by atoms with Gasteiger partial charge in [-0.3, -0.25) is 9.59 Å². The van der Waals surface area contributed by atoms with E-state index in [2.05, 4.69) is 57.3 Å². The van der Waals surface area contributed by atoms with E-state index in [9.17, 15) is 9.59 Å². The minimum atomic E-state index is -0.0875. The molecule has 132 valence electrons. The normalized spacial score (nSPS) is 17.2. The van der Waals surface area contributed by atoms with Crippen LogP contribution >= 0.6 is 11.8 Å². The molecule has 24 heavy (non-hydrogen) atoms. The van der Waals surface area contributed by atoms with Gasteiger partial charge >= 0.3 is 0 Å². The molecule has 0 spiro atoms. The molecular formula is C19H28N2O2S. The topological polar surface area (TPSA) is 49.4 Å². The first-order chi connectivity index (χ1) is 11.4. The summed E-state index contributed by atoms with van der Waals surface area (Å²) >= 11 is 1.56. The van der Waals surface area contributed by atoms with Crippen molar-refractivity contribution in [2.24, 2.45) is 5.92 Å². The molecule has 5 heteroatoms. The van der Waals surface area contributed by atoms with Gasteiger partial charge in [-0.15, -0.1) is 11.8 Å². The van der Waals surface area contributed by atoms with Gasteiger partial charge in [0.15, 0.2) is 0 Å². The van der Waals surface area contributed by atoms with Gasteiger partial charge in [0.2, 0.25) is 11.8 Å². The van der Waals surface area contributed by atoms with Crippen LogP contribution in [0.25, 0.3) is 0 Å². The third-order valence-corrected chi connectivity index (χ3v) is 5.57. The number of nitrogens with zero attached hydrogens (tertiary/aromatic N) is 1. The fraction of sp³-hybridized carbons (Fsp3) is 0.579. The molecule has 1 heterocycles. The predicted octanol–water partition coefficient (Wildman–Crippen LogP) is 3.55. The van der Waals surface area contributed by atoms with E-state index in [1.54, 1.807) is 16.7 Å². The maximum Gasteiger partial charge on any atom is 0.240 e. The lowest BCUT2D eigenvalue weighted by Gasteiger charge is -2.25. The average Bonchev–Trinajstić information content (AvgIpc) is 2.96. The molecule has 0 radical (unpaired) electrons. The van der Waals surface area contributed by atoms with Crippen LogP contribution in [0.1, 0.15) is 57.2 Å². The Morgan fingerprint density at radius 3 is 2.33 bits per heavy atom. The number of rotatable bonds is 7. The molecule has 0 saturated carbocycles. The van der Waals surface area contributed by atoms with Crippen molar-refractivity contribution in [3.8, 4) is 0 Å². The van der Waals surface area contributed by atoms with E-state index < -0.39 is 0 Å². The number of amides is 2. The molecule has 2 rings (SSSR count). The zero-order chi connectivity index (χ0) is 17.7. The predicted molar refractivity (Wildman–Crippen MR) is 99.9 cm³/mol. The Morgan fingerprint density at radius 1 is 1.21 bits per heavy atom. The van der Waals surface area contributed by atoms with Crippen molar-refractivity contribution in [3.05, 3.63) is 35.4 Å². The SMILES string of the molecule is CC[C@H](C)c1ccc([C@H](NC(=O)CN2CSCC2=O)C(C)C)cc1. The van der Waals surface area contributed by atoms with Crippen molar-refractivity contribution >= 4 is 23.6 Å². The summed E-state index contributed by atoms with van der Waals surface area (Å²) in [6, 6.07) is 8.51. The van der Waals surface area contributed by atoms with Crippen LogP contribution in [0.4, 0.5) is 0 Å². The summed E-state index contributed by atoms with van der Waals surface area (Å²) in [6.07, 6.45) is 1.12. The van der Waals surface area contributed by atoms with Crippen LogP contribution in [0.2, 0.25) is 0 Å². The lowest BCUT2D eigenvalue weighted by molar-refractivity contribution is -0.132. The minimum absolute atomic E-state index is 0.0335. The Morgan fingerprint density at radius 2 is 1.83 bits per heavy atom. The molecule has 1 aromatic rings. The maximum atomic E-state index is 12.3. The third kappa shape index (κ3) is 4.76. The van der Waals surface area contributed by atoms with Crippen LogP contribution < -0.4 is 5.32 Å². The number of benzene rings is 1. The summed E-state index contributed by atoms with van der Waals surface area (Å²) in [5.41, 5.74) is 2.45. The molecule has 1 aliphatic heterocycles. The molecule has 0 bridgehead atoms. The Labute approximate surface area is 149 Å². The molecule has 0 aromatic heterocycles. The van der Waals surface area contributed by atoms with E-state index in [0.29, 0.717) is 17.5 Å². The van der Waals surface area contributed by atoms with Gasteiger partial charge in [-0.2, -0.15) is 0 Å². The third-order valence-electron chi connectivity index (χ3n) is 4.62.